The highest BCUT2D eigenvalue weighted by molar-refractivity contribution is 7.18. The van der Waals surface area contributed by atoms with E-state index in [4.69, 9.17) is 14.5 Å². The molecule has 0 unspecified atom stereocenters. The minimum absolute atomic E-state index is 0.0202. The van der Waals surface area contributed by atoms with Gasteiger partial charge in [0.25, 0.3) is 5.56 Å². The van der Waals surface area contributed by atoms with E-state index in [2.05, 4.69) is 22.0 Å². The molecule has 0 bridgehead atoms. The molecule has 2 aromatic heterocycles. The van der Waals surface area contributed by atoms with Gasteiger partial charge in [-0.3, -0.25) is 9.69 Å². The number of thiophene rings is 1. The van der Waals surface area contributed by atoms with Crippen LogP contribution in [0.1, 0.15) is 47.7 Å². The zero-order valence-corrected chi connectivity index (χ0v) is 18.4. The molecule has 30 heavy (non-hydrogen) atoms. The van der Waals surface area contributed by atoms with Crippen LogP contribution in [-0.2, 0) is 32.4 Å². The minimum Gasteiger partial charge on any atom is -0.490 e. The standard InChI is InChI=1S/C23H27N3O3S/c1-3-28-17-10-14-8-9-26(12-15(14)11-18(17)29-4-2)13-20-24-22(27)21-16-6-5-7-19(16)30-23(21)25-20/h10-11H,3-9,12-13H2,1-2H3,(H,24,25,27). The smallest absolute Gasteiger partial charge is 0.259 e. The predicted octanol–water partition coefficient (Wildman–Crippen LogP) is 3.83. The number of H-pyrrole nitrogens is 1. The van der Waals surface area contributed by atoms with Crippen LogP contribution in [0.5, 0.6) is 11.5 Å². The van der Waals surface area contributed by atoms with Crippen molar-refractivity contribution >= 4 is 21.6 Å². The number of benzene rings is 1. The summed E-state index contributed by atoms with van der Waals surface area (Å²) in [5.41, 5.74) is 3.82. The molecule has 158 valence electrons. The van der Waals surface area contributed by atoms with Gasteiger partial charge in [-0.2, -0.15) is 0 Å². The largest absolute Gasteiger partial charge is 0.490 e. The van der Waals surface area contributed by atoms with Crippen molar-refractivity contribution in [2.24, 2.45) is 0 Å². The average molecular weight is 426 g/mol. The van der Waals surface area contributed by atoms with Crippen molar-refractivity contribution in [1.29, 1.82) is 0 Å². The molecule has 0 saturated carbocycles. The number of aromatic nitrogens is 2. The first-order valence-electron chi connectivity index (χ1n) is 10.8. The normalized spacial score (nSPS) is 15.9. The van der Waals surface area contributed by atoms with Crippen molar-refractivity contribution in [2.45, 2.75) is 52.6 Å². The third kappa shape index (κ3) is 3.50. The second-order valence-electron chi connectivity index (χ2n) is 7.94. The molecule has 0 amide bonds. The van der Waals surface area contributed by atoms with Gasteiger partial charge in [0.15, 0.2) is 11.5 Å². The first-order valence-corrected chi connectivity index (χ1v) is 11.6. The zero-order valence-electron chi connectivity index (χ0n) is 17.5. The van der Waals surface area contributed by atoms with Crippen LogP contribution in [0, 0.1) is 0 Å². The number of aryl methyl sites for hydroxylation is 2. The lowest BCUT2D eigenvalue weighted by Crippen LogP contribution is -2.31. The van der Waals surface area contributed by atoms with Gasteiger partial charge in [0.2, 0.25) is 0 Å². The first kappa shape index (κ1) is 19.6. The minimum atomic E-state index is 0.0202. The van der Waals surface area contributed by atoms with E-state index in [0.29, 0.717) is 19.8 Å². The van der Waals surface area contributed by atoms with E-state index in [0.717, 1.165) is 66.3 Å². The maximum atomic E-state index is 12.7. The van der Waals surface area contributed by atoms with E-state index in [1.54, 1.807) is 11.3 Å². The molecule has 1 N–H and O–H groups in total. The summed E-state index contributed by atoms with van der Waals surface area (Å²) in [5, 5.41) is 0.824. The van der Waals surface area contributed by atoms with Crippen molar-refractivity contribution in [1.82, 2.24) is 14.9 Å². The van der Waals surface area contributed by atoms with Crippen molar-refractivity contribution < 1.29 is 9.47 Å². The molecule has 3 aromatic rings. The Morgan fingerprint density at radius 2 is 1.87 bits per heavy atom. The molecule has 0 saturated heterocycles. The number of ether oxygens (including phenoxy) is 2. The van der Waals surface area contributed by atoms with E-state index >= 15 is 0 Å². The number of nitrogens with zero attached hydrogens (tertiary/aromatic N) is 2. The lowest BCUT2D eigenvalue weighted by Gasteiger charge is -2.29. The molecule has 5 rings (SSSR count). The fraction of sp³-hybridized carbons (Fsp3) is 0.478. The van der Waals surface area contributed by atoms with E-state index in [9.17, 15) is 4.79 Å². The van der Waals surface area contributed by atoms with Crippen molar-refractivity contribution in [3.8, 4) is 11.5 Å². The summed E-state index contributed by atoms with van der Waals surface area (Å²) in [7, 11) is 0. The van der Waals surface area contributed by atoms with Crippen LogP contribution in [0.25, 0.3) is 10.2 Å². The highest BCUT2D eigenvalue weighted by Gasteiger charge is 2.23. The van der Waals surface area contributed by atoms with E-state index in [1.807, 2.05) is 13.8 Å². The van der Waals surface area contributed by atoms with Crippen LogP contribution in [0.15, 0.2) is 16.9 Å². The Morgan fingerprint density at radius 3 is 2.63 bits per heavy atom. The molecule has 0 atom stereocenters. The van der Waals surface area contributed by atoms with Crippen molar-refractivity contribution in [3.63, 3.8) is 0 Å². The van der Waals surface area contributed by atoms with Gasteiger partial charge >= 0.3 is 0 Å². The highest BCUT2D eigenvalue weighted by atomic mass is 32.1. The Hall–Kier alpha value is -2.38. The SMILES string of the molecule is CCOc1cc2c(cc1OCC)CN(Cc1nc3sc4c(c3c(=O)[nH]1)CCC4)CC2. The quantitative estimate of drug-likeness (QED) is 0.650. The average Bonchev–Trinajstić information content (AvgIpc) is 3.30. The van der Waals surface area contributed by atoms with Crippen LogP contribution in [0.3, 0.4) is 0 Å². The zero-order chi connectivity index (χ0) is 20.7. The van der Waals surface area contributed by atoms with Crippen LogP contribution in [0.2, 0.25) is 0 Å². The summed E-state index contributed by atoms with van der Waals surface area (Å²) < 4.78 is 11.6. The Balaban J connectivity index is 1.39. The molecule has 6 nitrogen and oxygen atoms in total. The summed E-state index contributed by atoms with van der Waals surface area (Å²) in [6.45, 7) is 7.59. The molecule has 1 aliphatic carbocycles. The summed E-state index contributed by atoms with van der Waals surface area (Å²) in [6.07, 6.45) is 4.19. The topological polar surface area (TPSA) is 67.5 Å². The third-order valence-corrected chi connectivity index (χ3v) is 7.14. The lowest BCUT2D eigenvalue weighted by atomic mass is 9.98. The summed E-state index contributed by atoms with van der Waals surface area (Å²) in [6, 6.07) is 4.24. The maximum absolute atomic E-state index is 12.7. The van der Waals surface area contributed by atoms with Crippen molar-refractivity contribution in [2.75, 3.05) is 19.8 Å². The van der Waals surface area contributed by atoms with Gasteiger partial charge in [0, 0.05) is 18.0 Å². The molecular formula is C23H27N3O3S. The fourth-order valence-corrected chi connectivity index (χ4v) is 5.91. The first-order chi connectivity index (χ1) is 14.7. The lowest BCUT2D eigenvalue weighted by molar-refractivity contribution is 0.236. The second kappa shape index (κ2) is 8.04. The molecule has 0 fully saturated rings. The second-order valence-corrected chi connectivity index (χ2v) is 9.03. The van der Waals surface area contributed by atoms with Crippen LogP contribution < -0.4 is 15.0 Å². The monoisotopic (exact) mass is 425 g/mol. The number of rotatable bonds is 6. The molecule has 1 aromatic carbocycles. The third-order valence-electron chi connectivity index (χ3n) is 5.95. The summed E-state index contributed by atoms with van der Waals surface area (Å²) in [4.78, 5) is 25.2. The van der Waals surface area contributed by atoms with Crippen LogP contribution in [-0.4, -0.2) is 34.6 Å². The van der Waals surface area contributed by atoms with E-state index in [-0.39, 0.29) is 5.56 Å². The van der Waals surface area contributed by atoms with E-state index < -0.39 is 0 Å². The summed E-state index contributed by atoms with van der Waals surface area (Å²) >= 11 is 1.70. The number of fused-ring (bicyclic) bond motifs is 4. The van der Waals surface area contributed by atoms with Gasteiger partial charge < -0.3 is 14.5 Å². The molecular weight excluding hydrogens is 398 g/mol. The van der Waals surface area contributed by atoms with Crippen molar-refractivity contribution in [3.05, 3.63) is 49.9 Å². The Bertz CT molecular complexity index is 1150. The van der Waals surface area contributed by atoms with Gasteiger partial charge in [0.05, 0.1) is 25.1 Å². The molecule has 0 radical (unpaired) electrons. The summed E-state index contributed by atoms with van der Waals surface area (Å²) in [5.74, 6) is 2.39. The Labute approximate surface area is 179 Å². The molecule has 1 aliphatic heterocycles. The Morgan fingerprint density at radius 1 is 1.10 bits per heavy atom. The molecule has 2 aliphatic rings. The molecule has 7 heteroatoms. The van der Waals surface area contributed by atoms with Crippen LogP contribution >= 0.6 is 11.3 Å². The Kier molecular flexibility index (Phi) is 5.25. The van der Waals surface area contributed by atoms with Gasteiger partial charge in [-0.25, -0.2) is 4.98 Å². The van der Waals surface area contributed by atoms with Gasteiger partial charge in [-0.1, -0.05) is 0 Å². The van der Waals surface area contributed by atoms with Gasteiger partial charge in [-0.05, 0) is 68.4 Å². The molecule has 3 heterocycles. The highest BCUT2D eigenvalue weighted by Crippen LogP contribution is 2.35. The number of aromatic amines is 1. The number of nitrogens with one attached hydrogen (secondary N) is 1. The maximum Gasteiger partial charge on any atom is 0.259 e. The molecule has 0 spiro atoms. The van der Waals surface area contributed by atoms with Crippen LogP contribution in [0.4, 0.5) is 0 Å². The number of hydrogen-bond acceptors (Lipinski definition) is 6. The fourth-order valence-electron chi connectivity index (χ4n) is 4.63. The van der Waals surface area contributed by atoms with Gasteiger partial charge in [0.1, 0.15) is 10.7 Å². The van der Waals surface area contributed by atoms with E-state index in [1.165, 1.54) is 21.6 Å². The predicted molar refractivity (Wildman–Crippen MR) is 119 cm³/mol. The number of hydrogen-bond donors (Lipinski definition) is 1. The van der Waals surface area contributed by atoms with Gasteiger partial charge in [-0.15, -0.1) is 11.3 Å².